The van der Waals surface area contributed by atoms with E-state index in [1.54, 1.807) is 0 Å². The molecule has 1 N–H and O–H groups in total. The highest BCUT2D eigenvalue weighted by molar-refractivity contribution is 5.74. The number of hydrogen-bond donors (Lipinski definition) is 1. The molecule has 2 amide bonds. The van der Waals surface area contributed by atoms with Crippen molar-refractivity contribution in [3.63, 3.8) is 0 Å². The molecule has 0 bridgehead atoms. The van der Waals surface area contributed by atoms with E-state index in [1.807, 2.05) is 23.9 Å². The molecule has 94 valence electrons. The van der Waals surface area contributed by atoms with Gasteiger partial charge in [0.25, 0.3) is 0 Å². The van der Waals surface area contributed by atoms with Gasteiger partial charge >= 0.3 is 6.03 Å². The van der Waals surface area contributed by atoms with Crippen molar-refractivity contribution in [2.75, 3.05) is 40.3 Å². The van der Waals surface area contributed by atoms with Crippen LogP contribution in [0.4, 0.5) is 4.79 Å². The van der Waals surface area contributed by atoms with Gasteiger partial charge in [-0.2, -0.15) is 0 Å². The van der Waals surface area contributed by atoms with Crippen LogP contribution in [0.25, 0.3) is 0 Å². The third kappa shape index (κ3) is 4.00. The Morgan fingerprint density at radius 3 is 2.94 bits per heavy atom. The van der Waals surface area contributed by atoms with Gasteiger partial charge in [-0.05, 0) is 38.8 Å². The summed E-state index contributed by atoms with van der Waals surface area (Å²) >= 11 is 0. The SMILES string of the molecule is CNCCCN(C)C(=O)N1CCCC(C)C1. The number of nitrogens with one attached hydrogen (secondary N) is 1. The topological polar surface area (TPSA) is 35.6 Å². The lowest BCUT2D eigenvalue weighted by atomic mass is 10.0. The van der Waals surface area contributed by atoms with E-state index < -0.39 is 0 Å². The second-order valence-electron chi connectivity index (χ2n) is 4.85. The highest BCUT2D eigenvalue weighted by atomic mass is 16.2. The Labute approximate surface area is 99.0 Å². The molecule has 0 spiro atoms. The zero-order chi connectivity index (χ0) is 12.0. The quantitative estimate of drug-likeness (QED) is 0.737. The van der Waals surface area contributed by atoms with Gasteiger partial charge in [-0.25, -0.2) is 4.79 Å². The fraction of sp³-hybridized carbons (Fsp3) is 0.917. The van der Waals surface area contributed by atoms with Gasteiger partial charge in [-0.1, -0.05) is 6.92 Å². The van der Waals surface area contributed by atoms with Crippen LogP contribution in [0, 0.1) is 5.92 Å². The molecule has 1 unspecified atom stereocenters. The number of carbonyl (C=O) groups excluding carboxylic acids is 1. The smallest absolute Gasteiger partial charge is 0.319 e. The summed E-state index contributed by atoms with van der Waals surface area (Å²) in [7, 11) is 3.84. The van der Waals surface area contributed by atoms with Crippen molar-refractivity contribution in [3.8, 4) is 0 Å². The molecule has 0 aliphatic carbocycles. The number of urea groups is 1. The van der Waals surface area contributed by atoms with E-state index in [0.717, 1.165) is 39.0 Å². The maximum absolute atomic E-state index is 12.1. The first-order valence-electron chi connectivity index (χ1n) is 6.29. The first-order chi connectivity index (χ1) is 7.65. The Kier molecular flexibility index (Phi) is 5.60. The van der Waals surface area contributed by atoms with Crippen LogP contribution >= 0.6 is 0 Å². The summed E-state index contributed by atoms with van der Waals surface area (Å²) in [6, 6.07) is 0.197. The first kappa shape index (κ1) is 13.3. The third-order valence-electron chi connectivity index (χ3n) is 3.17. The van der Waals surface area contributed by atoms with E-state index in [4.69, 9.17) is 0 Å². The van der Waals surface area contributed by atoms with Gasteiger partial charge in [-0.3, -0.25) is 0 Å². The Morgan fingerprint density at radius 2 is 2.31 bits per heavy atom. The van der Waals surface area contributed by atoms with Gasteiger partial charge in [0.2, 0.25) is 0 Å². The number of nitrogens with zero attached hydrogens (tertiary/aromatic N) is 2. The van der Waals surface area contributed by atoms with Crippen LogP contribution in [0.5, 0.6) is 0 Å². The van der Waals surface area contributed by atoms with Crippen LogP contribution in [0.2, 0.25) is 0 Å². The average molecular weight is 227 g/mol. The van der Waals surface area contributed by atoms with Crippen LogP contribution in [0.3, 0.4) is 0 Å². The van der Waals surface area contributed by atoms with Crippen molar-refractivity contribution in [3.05, 3.63) is 0 Å². The highest BCUT2D eigenvalue weighted by Crippen LogP contribution is 2.16. The van der Waals surface area contributed by atoms with Gasteiger partial charge in [0.05, 0.1) is 0 Å². The maximum atomic E-state index is 12.1. The average Bonchev–Trinajstić information content (AvgIpc) is 2.28. The Hall–Kier alpha value is -0.770. The highest BCUT2D eigenvalue weighted by Gasteiger charge is 2.22. The van der Waals surface area contributed by atoms with Crippen molar-refractivity contribution in [2.24, 2.45) is 5.92 Å². The first-order valence-corrected chi connectivity index (χ1v) is 6.29. The van der Waals surface area contributed by atoms with Crippen LogP contribution in [-0.4, -0.2) is 56.1 Å². The number of piperidine rings is 1. The summed E-state index contributed by atoms with van der Waals surface area (Å²) in [6.07, 6.45) is 3.42. The molecule has 1 fully saturated rings. The maximum Gasteiger partial charge on any atom is 0.319 e. The zero-order valence-electron chi connectivity index (χ0n) is 10.8. The molecule has 4 heteroatoms. The van der Waals surface area contributed by atoms with Crippen LogP contribution in [0.1, 0.15) is 26.2 Å². The Bertz CT molecular complexity index is 220. The number of carbonyl (C=O) groups is 1. The van der Waals surface area contributed by atoms with Gasteiger partial charge < -0.3 is 15.1 Å². The molecule has 0 aromatic rings. The number of hydrogen-bond acceptors (Lipinski definition) is 2. The summed E-state index contributed by atoms with van der Waals surface area (Å²) in [5, 5.41) is 3.10. The molecule has 0 aromatic carbocycles. The minimum atomic E-state index is 0.197. The van der Waals surface area contributed by atoms with E-state index in [2.05, 4.69) is 12.2 Å². The lowest BCUT2D eigenvalue weighted by Crippen LogP contribution is -2.46. The lowest BCUT2D eigenvalue weighted by Gasteiger charge is -2.34. The predicted octanol–water partition coefficient (Wildman–Crippen LogP) is 1.38. The Morgan fingerprint density at radius 1 is 1.56 bits per heavy atom. The largest absolute Gasteiger partial charge is 0.328 e. The van der Waals surface area contributed by atoms with Crippen molar-refractivity contribution in [1.29, 1.82) is 0 Å². The van der Waals surface area contributed by atoms with E-state index in [9.17, 15) is 4.79 Å². The molecule has 0 saturated carbocycles. The molecule has 4 nitrogen and oxygen atoms in total. The number of likely N-dealkylation sites (tertiary alicyclic amines) is 1. The minimum Gasteiger partial charge on any atom is -0.328 e. The second kappa shape index (κ2) is 6.74. The molecule has 1 aliphatic rings. The van der Waals surface area contributed by atoms with E-state index in [0.29, 0.717) is 5.92 Å². The van der Waals surface area contributed by atoms with E-state index >= 15 is 0 Å². The van der Waals surface area contributed by atoms with Crippen LogP contribution < -0.4 is 5.32 Å². The molecule has 1 saturated heterocycles. The van der Waals surface area contributed by atoms with Gasteiger partial charge in [-0.15, -0.1) is 0 Å². The summed E-state index contributed by atoms with van der Waals surface area (Å²) < 4.78 is 0. The second-order valence-corrected chi connectivity index (χ2v) is 4.85. The molecule has 1 heterocycles. The number of rotatable bonds is 4. The van der Waals surface area contributed by atoms with Gasteiger partial charge in [0.15, 0.2) is 0 Å². The number of amides is 2. The fourth-order valence-corrected chi connectivity index (χ4v) is 2.19. The van der Waals surface area contributed by atoms with Crippen molar-refractivity contribution in [2.45, 2.75) is 26.2 Å². The molecule has 16 heavy (non-hydrogen) atoms. The molecule has 0 aromatic heterocycles. The normalized spacial score (nSPS) is 20.9. The van der Waals surface area contributed by atoms with Gasteiger partial charge in [0, 0.05) is 26.7 Å². The molecule has 1 rings (SSSR count). The molecular formula is C12H25N3O. The van der Waals surface area contributed by atoms with Crippen LogP contribution in [0.15, 0.2) is 0 Å². The Balaban J connectivity index is 2.31. The zero-order valence-corrected chi connectivity index (χ0v) is 10.8. The summed E-state index contributed by atoms with van der Waals surface area (Å²) in [5.74, 6) is 0.656. The summed E-state index contributed by atoms with van der Waals surface area (Å²) in [5.41, 5.74) is 0. The van der Waals surface area contributed by atoms with Crippen molar-refractivity contribution in [1.82, 2.24) is 15.1 Å². The van der Waals surface area contributed by atoms with E-state index in [1.165, 1.54) is 6.42 Å². The fourth-order valence-electron chi connectivity index (χ4n) is 2.19. The van der Waals surface area contributed by atoms with E-state index in [-0.39, 0.29) is 6.03 Å². The van der Waals surface area contributed by atoms with Crippen LogP contribution in [-0.2, 0) is 0 Å². The summed E-state index contributed by atoms with van der Waals surface area (Å²) in [4.78, 5) is 15.9. The van der Waals surface area contributed by atoms with Crippen molar-refractivity contribution < 1.29 is 4.79 Å². The monoisotopic (exact) mass is 227 g/mol. The van der Waals surface area contributed by atoms with Gasteiger partial charge in [0.1, 0.15) is 0 Å². The summed E-state index contributed by atoms with van der Waals surface area (Å²) in [6.45, 7) is 5.88. The predicted molar refractivity (Wildman–Crippen MR) is 66.5 cm³/mol. The minimum absolute atomic E-state index is 0.197. The van der Waals surface area contributed by atoms with Crippen molar-refractivity contribution >= 4 is 6.03 Å². The standard InChI is InChI=1S/C12H25N3O/c1-11-6-4-9-15(10-11)12(16)14(3)8-5-7-13-2/h11,13H,4-10H2,1-3H3. The molecule has 0 radical (unpaired) electrons. The molecule has 1 atom stereocenters. The third-order valence-corrected chi connectivity index (χ3v) is 3.17. The molecular weight excluding hydrogens is 202 g/mol. The molecule has 1 aliphatic heterocycles. The lowest BCUT2D eigenvalue weighted by molar-refractivity contribution is 0.139.